The van der Waals surface area contributed by atoms with Crippen molar-refractivity contribution in [3.05, 3.63) is 82.4 Å². The molecule has 0 fully saturated rings. The van der Waals surface area contributed by atoms with Crippen molar-refractivity contribution in [2.45, 2.75) is 25.0 Å². The zero-order valence-corrected chi connectivity index (χ0v) is 17.2. The number of hydrogen-bond acceptors (Lipinski definition) is 5. The fraction of sp³-hybridized carbons (Fsp3) is 0.217. The van der Waals surface area contributed by atoms with Gasteiger partial charge in [-0.3, -0.25) is 13.7 Å². The molecule has 1 aliphatic rings. The molecule has 2 atom stereocenters. The van der Waals surface area contributed by atoms with Crippen LogP contribution in [0.25, 0.3) is 28.1 Å². The largest absolute Gasteiger partial charge is 0.388 e. The van der Waals surface area contributed by atoms with E-state index in [2.05, 4.69) is 9.97 Å². The lowest BCUT2D eigenvalue weighted by Gasteiger charge is -2.29. The fourth-order valence-corrected chi connectivity index (χ4v) is 4.68. The van der Waals surface area contributed by atoms with E-state index >= 15 is 0 Å². The summed E-state index contributed by atoms with van der Waals surface area (Å²) < 4.78 is 18.7. The molecule has 0 aliphatic heterocycles. The Labute approximate surface area is 181 Å². The smallest absolute Gasteiger partial charge is 0.330 e. The van der Waals surface area contributed by atoms with Crippen molar-refractivity contribution >= 4 is 22.2 Å². The van der Waals surface area contributed by atoms with Crippen LogP contribution < -0.4 is 5.69 Å². The average Bonchev–Trinajstić information content (AvgIpc) is 3.33. The predicted octanol–water partition coefficient (Wildman–Crippen LogP) is 3.02. The maximum absolute atomic E-state index is 13.8. The summed E-state index contributed by atoms with van der Waals surface area (Å²) in [5, 5.41) is 10.4. The average molecular weight is 430 g/mol. The molecule has 6 rings (SSSR count). The van der Waals surface area contributed by atoms with Gasteiger partial charge in [0.25, 0.3) is 0 Å². The molecular formula is C23H19FN6O2. The summed E-state index contributed by atoms with van der Waals surface area (Å²) in [4.78, 5) is 26.7. The number of rotatable bonds is 2. The van der Waals surface area contributed by atoms with Gasteiger partial charge in [0.2, 0.25) is 5.95 Å². The van der Waals surface area contributed by atoms with Crippen LogP contribution in [0.5, 0.6) is 0 Å². The van der Waals surface area contributed by atoms with Crippen LogP contribution >= 0.6 is 0 Å². The second-order valence-electron chi connectivity index (χ2n) is 8.08. The van der Waals surface area contributed by atoms with Gasteiger partial charge in [-0.2, -0.15) is 4.98 Å². The molecule has 0 spiro atoms. The zero-order valence-electron chi connectivity index (χ0n) is 17.2. The van der Waals surface area contributed by atoms with Crippen LogP contribution in [0.4, 0.5) is 4.39 Å². The quantitative estimate of drug-likeness (QED) is 0.465. The van der Waals surface area contributed by atoms with E-state index in [0.717, 1.165) is 11.1 Å². The number of halogens is 1. The Morgan fingerprint density at radius 1 is 1.06 bits per heavy atom. The number of aliphatic hydroxyl groups excluding tert-OH is 1. The van der Waals surface area contributed by atoms with E-state index in [9.17, 15) is 14.3 Å². The molecule has 5 aromatic rings. The lowest BCUT2D eigenvalue weighted by molar-refractivity contribution is 0.147. The SMILES string of the molecule is Cn1c(=O)n(C2CC[C@@H](O)c3ccccc32)c2nc(-n3cnc4ccc(F)cc43)ncc21. The molecule has 0 radical (unpaired) electrons. The summed E-state index contributed by atoms with van der Waals surface area (Å²) in [6.07, 6.45) is 3.75. The molecule has 2 aromatic carbocycles. The molecule has 8 nitrogen and oxygen atoms in total. The third kappa shape index (κ3) is 2.64. The highest BCUT2D eigenvalue weighted by atomic mass is 19.1. The molecule has 1 aliphatic carbocycles. The summed E-state index contributed by atoms with van der Waals surface area (Å²) in [5.41, 5.74) is 3.78. The second-order valence-corrected chi connectivity index (χ2v) is 8.08. The molecular weight excluding hydrogens is 411 g/mol. The first kappa shape index (κ1) is 18.9. The number of aliphatic hydroxyl groups is 1. The first-order valence-electron chi connectivity index (χ1n) is 10.4. The van der Waals surface area contributed by atoms with Gasteiger partial charge in [-0.15, -0.1) is 0 Å². The molecule has 160 valence electrons. The Morgan fingerprint density at radius 2 is 1.88 bits per heavy atom. The summed E-state index contributed by atoms with van der Waals surface area (Å²) >= 11 is 0. The van der Waals surface area contributed by atoms with Crippen molar-refractivity contribution in [3.63, 3.8) is 0 Å². The highest BCUT2D eigenvalue weighted by Crippen LogP contribution is 2.38. The Kier molecular flexibility index (Phi) is 4.03. The summed E-state index contributed by atoms with van der Waals surface area (Å²) in [7, 11) is 1.69. The molecule has 3 aromatic heterocycles. The number of nitrogens with zero attached hydrogens (tertiary/aromatic N) is 6. The molecule has 0 amide bonds. The highest BCUT2D eigenvalue weighted by Gasteiger charge is 2.30. The lowest BCUT2D eigenvalue weighted by atomic mass is 9.85. The Balaban J connectivity index is 1.59. The van der Waals surface area contributed by atoms with Crippen molar-refractivity contribution in [2.24, 2.45) is 7.05 Å². The molecule has 1 N–H and O–H groups in total. The van der Waals surface area contributed by atoms with E-state index in [1.807, 2.05) is 24.3 Å². The van der Waals surface area contributed by atoms with Crippen molar-refractivity contribution in [3.8, 4) is 5.95 Å². The second kappa shape index (κ2) is 6.83. The van der Waals surface area contributed by atoms with Gasteiger partial charge in [0.05, 0.1) is 29.4 Å². The van der Waals surface area contributed by atoms with E-state index in [0.29, 0.717) is 41.0 Å². The maximum Gasteiger partial charge on any atom is 0.330 e. The van der Waals surface area contributed by atoms with Gasteiger partial charge in [-0.05, 0) is 36.1 Å². The number of hydrogen-bond donors (Lipinski definition) is 1. The van der Waals surface area contributed by atoms with Crippen molar-refractivity contribution < 1.29 is 9.50 Å². The highest BCUT2D eigenvalue weighted by molar-refractivity contribution is 5.77. The van der Waals surface area contributed by atoms with E-state index in [1.54, 1.807) is 34.8 Å². The minimum Gasteiger partial charge on any atom is -0.388 e. The van der Waals surface area contributed by atoms with Crippen molar-refractivity contribution in [1.82, 2.24) is 28.7 Å². The standard InChI is InChI=1S/C23H19FN6O2/c1-28-19-11-25-22(29-12-26-16-7-6-13(24)10-18(16)29)27-21(19)30(23(28)32)17-8-9-20(31)15-5-3-2-4-14(15)17/h2-7,10-12,17,20,31H,8-9H2,1H3/t17?,20-/m1/s1. The summed E-state index contributed by atoms with van der Waals surface area (Å²) in [5.74, 6) is -0.0802. The van der Waals surface area contributed by atoms with Crippen LogP contribution in [-0.4, -0.2) is 33.8 Å². The van der Waals surface area contributed by atoms with Gasteiger partial charge in [0.15, 0.2) is 5.65 Å². The third-order valence-corrected chi connectivity index (χ3v) is 6.28. The molecule has 0 bridgehead atoms. The third-order valence-electron chi connectivity index (χ3n) is 6.28. The van der Waals surface area contributed by atoms with Crippen LogP contribution in [0.1, 0.15) is 36.1 Å². The minimum absolute atomic E-state index is 0.204. The molecule has 0 saturated heterocycles. The van der Waals surface area contributed by atoms with Crippen LogP contribution in [0.2, 0.25) is 0 Å². The van der Waals surface area contributed by atoms with Crippen molar-refractivity contribution in [2.75, 3.05) is 0 Å². The minimum atomic E-state index is -0.550. The molecule has 32 heavy (non-hydrogen) atoms. The summed E-state index contributed by atoms with van der Waals surface area (Å²) in [6.45, 7) is 0. The lowest BCUT2D eigenvalue weighted by Crippen LogP contribution is -2.30. The summed E-state index contributed by atoms with van der Waals surface area (Å²) in [6, 6.07) is 11.7. The topological polar surface area (TPSA) is 90.8 Å². The van der Waals surface area contributed by atoms with Gasteiger partial charge < -0.3 is 5.11 Å². The van der Waals surface area contributed by atoms with E-state index in [4.69, 9.17) is 4.98 Å². The molecule has 1 unspecified atom stereocenters. The van der Waals surface area contributed by atoms with E-state index < -0.39 is 6.10 Å². The van der Waals surface area contributed by atoms with E-state index in [-0.39, 0.29) is 17.5 Å². The Bertz CT molecular complexity index is 1570. The normalized spacial score (nSPS) is 18.3. The predicted molar refractivity (Wildman–Crippen MR) is 116 cm³/mol. The fourth-order valence-electron chi connectivity index (χ4n) is 4.68. The number of fused-ring (bicyclic) bond motifs is 3. The molecule has 3 heterocycles. The van der Waals surface area contributed by atoms with Crippen molar-refractivity contribution in [1.29, 1.82) is 0 Å². The van der Waals surface area contributed by atoms with Crippen LogP contribution in [0.3, 0.4) is 0 Å². The Hall–Kier alpha value is -3.85. The monoisotopic (exact) mass is 430 g/mol. The van der Waals surface area contributed by atoms with Gasteiger partial charge >= 0.3 is 5.69 Å². The van der Waals surface area contributed by atoms with Gasteiger partial charge in [-0.25, -0.2) is 19.2 Å². The number of aromatic nitrogens is 6. The van der Waals surface area contributed by atoms with Crippen LogP contribution in [0, 0.1) is 5.82 Å². The first-order chi connectivity index (χ1) is 15.5. The van der Waals surface area contributed by atoms with Gasteiger partial charge in [0.1, 0.15) is 17.7 Å². The van der Waals surface area contributed by atoms with Crippen LogP contribution in [0.15, 0.2) is 59.8 Å². The number of imidazole rings is 2. The van der Waals surface area contributed by atoms with Gasteiger partial charge in [0, 0.05) is 13.1 Å². The van der Waals surface area contributed by atoms with Crippen LogP contribution in [-0.2, 0) is 7.05 Å². The number of benzene rings is 2. The zero-order chi connectivity index (χ0) is 22.0. The van der Waals surface area contributed by atoms with E-state index in [1.165, 1.54) is 16.7 Å². The Morgan fingerprint density at radius 3 is 2.72 bits per heavy atom. The molecule has 0 saturated carbocycles. The number of aryl methyl sites for hydroxylation is 1. The first-order valence-corrected chi connectivity index (χ1v) is 10.4. The maximum atomic E-state index is 13.8. The molecule has 9 heteroatoms. The van der Waals surface area contributed by atoms with Gasteiger partial charge in [-0.1, -0.05) is 24.3 Å².